The first-order chi connectivity index (χ1) is 11.1. The van der Waals surface area contributed by atoms with Crippen LogP contribution >= 0.6 is 0 Å². The predicted octanol–water partition coefficient (Wildman–Crippen LogP) is 2.86. The number of cyclic esters (lactones) is 1. The van der Waals surface area contributed by atoms with Crippen molar-refractivity contribution in [2.24, 2.45) is 0 Å². The fourth-order valence-electron chi connectivity index (χ4n) is 2.67. The van der Waals surface area contributed by atoms with Crippen molar-refractivity contribution in [2.75, 3.05) is 20.7 Å². The summed E-state index contributed by atoms with van der Waals surface area (Å²) in [5.74, 6) is -0.525. The Balaban J connectivity index is 2.20. The van der Waals surface area contributed by atoms with E-state index < -0.39 is 0 Å². The average Bonchev–Trinajstić information content (AvgIpc) is 2.96. The molecule has 1 aliphatic rings. The standard InChI is InChI=1S/C19H17NO3/c1-20(2)18(21)15-11-7-6-10-14(15)17-16(12-23-19(17)22)13-8-4-3-5-9-13/h3-11H,12H2,1-2H3. The Morgan fingerprint density at radius 3 is 2.35 bits per heavy atom. The van der Waals surface area contributed by atoms with Crippen LogP contribution in [0.5, 0.6) is 0 Å². The van der Waals surface area contributed by atoms with Crippen molar-refractivity contribution in [1.82, 2.24) is 4.90 Å². The van der Waals surface area contributed by atoms with E-state index in [0.29, 0.717) is 16.7 Å². The Labute approximate surface area is 135 Å². The molecule has 1 aliphatic heterocycles. The summed E-state index contributed by atoms with van der Waals surface area (Å²) in [6.07, 6.45) is 0. The van der Waals surface area contributed by atoms with Crippen LogP contribution in [0.2, 0.25) is 0 Å². The van der Waals surface area contributed by atoms with E-state index in [2.05, 4.69) is 0 Å². The molecule has 0 aromatic heterocycles. The minimum Gasteiger partial charge on any atom is -0.457 e. The van der Waals surface area contributed by atoms with Gasteiger partial charge < -0.3 is 9.64 Å². The molecule has 1 amide bonds. The summed E-state index contributed by atoms with van der Waals surface area (Å²) < 4.78 is 5.24. The summed E-state index contributed by atoms with van der Waals surface area (Å²) in [7, 11) is 3.39. The number of hydrogen-bond donors (Lipinski definition) is 0. The van der Waals surface area contributed by atoms with Crippen molar-refractivity contribution in [3.63, 3.8) is 0 Å². The van der Waals surface area contributed by atoms with Gasteiger partial charge in [-0.15, -0.1) is 0 Å². The van der Waals surface area contributed by atoms with Gasteiger partial charge in [0.1, 0.15) is 6.61 Å². The maximum Gasteiger partial charge on any atom is 0.339 e. The van der Waals surface area contributed by atoms with Gasteiger partial charge in [-0.3, -0.25) is 4.79 Å². The number of carbonyl (C=O) groups excluding carboxylic acids is 2. The predicted molar refractivity (Wildman–Crippen MR) is 88.7 cm³/mol. The molecule has 4 nitrogen and oxygen atoms in total. The van der Waals surface area contributed by atoms with Crippen LogP contribution in [0.1, 0.15) is 21.5 Å². The lowest BCUT2D eigenvalue weighted by Crippen LogP contribution is -2.23. The molecular weight excluding hydrogens is 290 g/mol. The van der Waals surface area contributed by atoms with E-state index in [1.54, 1.807) is 32.3 Å². The fraction of sp³-hybridized carbons (Fsp3) is 0.158. The zero-order valence-electron chi connectivity index (χ0n) is 13.1. The van der Waals surface area contributed by atoms with Crippen LogP contribution in [0.15, 0.2) is 54.6 Å². The second-order valence-corrected chi connectivity index (χ2v) is 5.54. The Hall–Kier alpha value is -2.88. The number of carbonyl (C=O) groups is 2. The molecule has 3 rings (SSSR count). The quantitative estimate of drug-likeness (QED) is 0.819. The molecule has 1 heterocycles. The second kappa shape index (κ2) is 6.08. The van der Waals surface area contributed by atoms with Gasteiger partial charge in [0.25, 0.3) is 5.91 Å². The molecule has 0 N–H and O–H groups in total. The number of nitrogens with zero attached hydrogens (tertiary/aromatic N) is 1. The first-order valence-electron chi connectivity index (χ1n) is 7.36. The van der Waals surface area contributed by atoms with Gasteiger partial charge in [-0.1, -0.05) is 48.5 Å². The van der Waals surface area contributed by atoms with Gasteiger partial charge in [0.15, 0.2) is 0 Å². The second-order valence-electron chi connectivity index (χ2n) is 5.54. The minimum atomic E-state index is -0.386. The summed E-state index contributed by atoms with van der Waals surface area (Å²) in [6.45, 7) is 0.225. The summed E-state index contributed by atoms with van der Waals surface area (Å²) in [5, 5.41) is 0. The van der Waals surface area contributed by atoms with E-state index >= 15 is 0 Å². The third-order valence-electron chi connectivity index (χ3n) is 3.81. The summed E-state index contributed by atoms with van der Waals surface area (Å²) in [5.41, 5.74) is 3.34. The fourth-order valence-corrected chi connectivity index (χ4v) is 2.67. The summed E-state index contributed by atoms with van der Waals surface area (Å²) in [4.78, 5) is 26.2. The third kappa shape index (κ3) is 2.75. The highest BCUT2D eigenvalue weighted by Gasteiger charge is 2.30. The van der Waals surface area contributed by atoms with E-state index in [-0.39, 0.29) is 18.5 Å². The first-order valence-corrected chi connectivity index (χ1v) is 7.36. The molecule has 0 atom stereocenters. The molecule has 0 fully saturated rings. The maximum atomic E-state index is 12.4. The number of benzene rings is 2. The van der Waals surface area contributed by atoms with E-state index in [1.165, 1.54) is 4.90 Å². The summed E-state index contributed by atoms with van der Waals surface area (Å²) in [6, 6.07) is 16.8. The van der Waals surface area contributed by atoms with Crippen LogP contribution in [0, 0.1) is 0 Å². The van der Waals surface area contributed by atoms with E-state index in [1.807, 2.05) is 36.4 Å². The van der Waals surface area contributed by atoms with Crippen molar-refractivity contribution in [3.8, 4) is 0 Å². The number of amides is 1. The van der Waals surface area contributed by atoms with Crippen LogP contribution in [0.25, 0.3) is 11.1 Å². The number of rotatable bonds is 3. The van der Waals surface area contributed by atoms with Gasteiger partial charge in [0.2, 0.25) is 0 Å². The van der Waals surface area contributed by atoms with Crippen LogP contribution in [0.4, 0.5) is 0 Å². The molecule has 0 saturated heterocycles. The maximum absolute atomic E-state index is 12.4. The van der Waals surface area contributed by atoms with Crippen LogP contribution in [-0.4, -0.2) is 37.5 Å². The molecule has 116 valence electrons. The molecule has 0 spiro atoms. The molecule has 0 radical (unpaired) electrons. The SMILES string of the molecule is CN(C)C(=O)c1ccccc1C1=C(c2ccccc2)COC1=O. The summed E-state index contributed by atoms with van der Waals surface area (Å²) >= 11 is 0. The number of esters is 1. The van der Waals surface area contributed by atoms with Crippen LogP contribution < -0.4 is 0 Å². The highest BCUT2D eigenvalue weighted by Crippen LogP contribution is 2.34. The molecular formula is C19H17NO3. The van der Waals surface area contributed by atoms with Crippen LogP contribution in [0.3, 0.4) is 0 Å². The van der Waals surface area contributed by atoms with Crippen molar-refractivity contribution in [3.05, 3.63) is 71.3 Å². The average molecular weight is 307 g/mol. The zero-order valence-corrected chi connectivity index (χ0v) is 13.1. The van der Waals surface area contributed by atoms with Gasteiger partial charge in [0, 0.05) is 30.8 Å². The lowest BCUT2D eigenvalue weighted by atomic mass is 9.93. The molecule has 0 saturated carbocycles. The van der Waals surface area contributed by atoms with Gasteiger partial charge in [-0.05, 0) is 11.6 Å². The van der Waals surface area contributed by atoms with Gasteiger partial charge >= 0.3 is 5.97 Å². The monoisotopic (exact) mass is 307 g/mol. The van der Waals surface area contributed by atoms with Crippen molar-refractivity contribution >= 4 is 23.0 Å². The normalized spacial score (nSPS) is 13.9. The Kier molecular flexibility index (Phi) is 3.98. The lowest BCUT2D eigenvalue weighted by Gasteiger charge is -2.14. The zero-order chi connectivity index (χ0) is 16.4. The Morgan fingerprint density at radius 2 is 1.65 bits per heavy atom. The van der Waals surface area contributed by atoms with Gasteiger partial charge in [-0.2, -0.15) is 0 Å². The van der Waals surface area contributed by atoms with E-state index in [4.69, 9.17) is 4.74 Å². The molecule has 23 heavy (non-hydrogen) atoms. The van der Waals surface area contributed by atoms with Gasteiger partial charge in [-0.25, -0.2) is 4.79 Å². The minimum absolute atomic E-state index is 0.139. The molecule has 0 unspecified atom stereocenters. The number of hydrogen-bond acceptors (Lipinski definition) is 3. The van der Waals surface area contributed by atoms with E-state index in [9.17, 15) is 9.59 Å². The Morgan fingerprint density at radius 1 is 1.00 bits per heavy atom. The highest BCUT2D eigenvalue weighted by molar-refractivity contribution is 6.29. The molecule has 0 aliphatic carbocycles. The first kappa shape index (κ1) is 15.0. The van der Waals surface area contributed by atoms with Crippen molar-refractivity contribution < 1.29 is 14.3 Å². The Bertz CT molecular complexity index is 791. The lowest BCUT2D eigenvalue weighted by molar-refractivity contribution is -0.133. The topological polar surface area (TPSA) is 46.6 Å². The van der Waals surface area contributed by atoms with Crippen LogP contribution in [-0.2, 0) is 9.53 Å². The van der Waals surface area contributed by atoms with Gasteiger partial charge in [0.05, 0.1) is 5.57 Å². The largest absolute Gasteiger partial charge is 0.457 e. The highest BCUT2D eigenvalue weighted by atomic mass is 16.5. The molecule has 2 aromatic carbocycles. The molecule has 4 heteroatoms. The molecule has 0 bridgehead atoms. The third-order valence-corrected chi connectivity index (χ3v) is 3.81. The van der Waals surface area contributed by atoms with Crippen molar-refractivity contribution in [1.29, 1.82) is 0 Å². The molecule has 2 aromatic rings. The van der Waals surface area contributed by atoms with E-state index in [0.717, 1.165) is 11.1 Å². The van der Waals surface area contributed by atoms with Crippen molar-refractivity contribution in [2.45, 2.75) is 0 Å². The number of ether oxygens (including phenoxy) is 1. The smallest absolute Gasteiger partial charge is 0.339 e.